The second kappa shape index (κ2) is 7.31. The molecule has 0 radical (unpaired) electrons. The zero-order valence-corrected chi connectivity index (χ0v) is 18.1. The van der Waals surface area contributed by atoms with Gasteiger partial charge in [0.25, 0.3) is 0 Å². The van der Waals surface area contributed by atoms with E-state index in [0.717, 1.165) is 12.0 Å². The van der Waals surface area contributed by atoms with E-state index in [1.807, 2.05) is 30.3 Å². The van der Waals surface area contributed by atoms with Gasteiger partial charge in [-0.05, 0) is 47.8 Å². The number of rotatable bonds is 5. The molecular formula is C26H23ClN2O3. The smallest absolute Gasteiger partial charge is 0.248 e. The molecule has 1 heterocycles. The van der Waals surface area contributed by atoms with E-state index in [0.29, 0.717) is 22.5 Å². The molecular weight excluding hydrogens is 424 g/mol. The first-order chi connectivity index (χ1) is 15.5. The summed E-state index contributed by atoms with van der Waals surface area (Å²) in [7, 11) is 0. The van der Waals surface area contributed by atoms with Crippen molar-refractivity contribution in [1.82, 2.24) is 4.90 Å². The van der Waals surface area contributed by atoms with Crippen LogP contribution in [0.5, 0.6) is 0 Å². The number of carbonyl (C=O) groups is 3. The van der Waals surface area contributed by atoms with Crippen LogP contribution in [0, 0.1) is 35.5 Å². The summed E-state index contributed by atoms with van der Waals surface area (Å²) in [4.78, 5) is 42.0. The molecule has 7 rings (SSSR count). The number of carbonyl (C=O) groups excluding carboxylic acids is 3. The Morgan fingerprint density at radius 1 is 0.938 bits per heavy atom. The lowest BCUT2D eigenvalue weighted by Crippen LogP contribution is -2.49. The molecule has 3 amide bonds. The summed E-state index contributed by atoms with van der Waals surface area (Å²) in [5, 5.41) is 3.26. The standard InChI is InChI=1S/C26H23ClN2O3/c27-19-8-4-5-9-20(19)28-24(30)21(12-14-6-2-1-3-7-14)29-25(31)22-15-10-11-16(18-13-17(15)18)23(22)26(29)32/h1-11,15-18,21-23H,12-13H2,(H,28,30)/t15-,16-,17-,18-,21+,22+,23+/m1/s1. The molecule has 3 fully saturated rings. The Hall–Kier alpha value is -2.92. The summed E-state index contributed by atoms with van der Waals surface area (Å²) < 4.78 is 0. The van der Waals surface area contributed by atoms with Gasteiger partial charge in [0.05, 0.1) is 22.5 Å². The van der Waals surface area contributed by atoms with E-state index in [9.17, 15) is 14.4 Å². The van der Waals surface area contributed by atoms with Gasteiger partial charge in [0.1, 0.15) is 6.04 Å². The minimum Gasteiger partial charge on any atom is -0.323 e. The summed E-state index contributed by atoms with van der Waals surface area (Å²) >= 11 is 6.25. The number of halogens is 1. The molecule has 1 saturated heterocycles. The number of allylic oxidation sites excluding steroid dienone is 2. The van der Waals surface area contributed by atoms with Gasteiger partial charge in [-0.15, -0.1) is 0 Å². The van der Waals surface area contributed by atoms with Crippen molar-refractivity contribution in [2.75, 3.05) is 5.32 Å². The van der Waals surface area contributed by atoms with Gasteiger partial charge in [0.15, 0.2) is 0 Å². The first-order valence-electron chi connectivity index (χ1n) is 11.2. The van der Waals surface area contributed by atoms with Crippen molar-refractivity contribution in [1.29, 1.82) is 0 Å². The van der Waals surface area contributed by atoms with Gasteiger partial charge in [0.2, 0.25) is 17.7 Å². The molecule has 7 atom stereocenters. The summed E-state index contributed by atoms with van der Waals surface area (Å²) in [6.07, 6.45) is 5.66. The van der Waals surface area contributed by atoms with Gasteiger partial charge in [0, 0.05) is 6.42 Å². The second-order valence-corrected chi connectivity index (χ2v) is 9.78. The fraction of sp³-hybridized carbons (Fsp3) is 0.346. The third-order valence-corrected chi connectivity index (χ3v) is 8.04. The van der Waals surface area contributed by atoms with Crippen LogP contribution >= 0.6 is 11.6 Å². The van der Waals surface area contributed by atoms with Crippen LogP contribution in [-0.2, 0) is 20.8 Å². The fourth-order valence-corrected chi connectivity index (χ4v) is 6.39. The van der Waals surface area contributed by atoms with Crippen molar-refractivity contribution < 1.29 is 14.4 Å². The van der Waals surface area contributed by atoms with Crippen LogP contribution in [0.1, 0.15) is 12.0 Å². The van der Waals surface area contributed by atoms with E-state index < -0.39 is 11.9 Å². The van der Waals surface area contributed by atoms with Gasteiger partial charge >= 0.3 is 0 Å². The average molecular weight is 447 g/mol. The fourth-order valence-electron chi connectivity index (χ4n) is 6.20. The Morgan fingerprint density at radius 2 is 1.53 bits per heavy atom. The highest BCUT2D eigenvalue weighted by Crippen LogP contribution is 2.65. The number of hydrogen-bond acceptors (Lipinski definition) is 3. The molecule has 162 valence electrons. The Kier molecular flexibility index (Phi) is 4.51. The van der Waals surface area contributed by atoms with Gasteiger partial charge in [-0.1, -0.05) is 66.2 Å². The van der Waals surface area contributed by atoms with Gasteiger partial charge < -0.3 is 5.32 Å². The van der Waals surface area contributed by atoms with Crippen LogP contribution in [0.25, 0.3) is 0 Å². The molecule has 4 aliphatic carbocycles. The Labute approximate surface area is 191 Å². The van der Waals surface area contributed by atoms with Crippen LogP contribution in [0.15, 0.2) is 66.7 Å². The SMILES string of the molecule is O=C(Nc1ccccc1Cl)[C@H](Cc1ccccc1)N1C(=O)[C@H]2[C@@H]3C=C[C@H]([C@H]4C[C@H]34)[C@@H]2C1=O. The number of anilines is 1. The molecule has 5 aliphatic rings. The van der Waals surface area contributed by atoms with E-state index in [4.69, 9.17) is 11.6 Å². The molecule has 2 aromatic carbocycles. The van der Waals surface area contributed by atoms with Gasteiger partial charge in [-0.3, -0.25) is 19.3 Å². The predicted molar refractivity (Wildman–Crippen MR) is 121 cm³/mol. The van der Waals surface area contributed by atoms with Crippen molar-refractivity contribution in [3.05, 3.63) is 77.3 Å². The zero-order valence-electron chi connectivity index (χ0n) is 17.4. The zero-order chi connectivity index (χ0) is 22.0. The van der Waals surface area contributed by atoms with Crippen molar-refractivity contribution in [2.45, 2.75) is 18.9 Å². The lowest BCUT2D eigenvalue weighted by atomic mass is 9.63. The van der Waals surface area contributed by atoms with E-state index in [1.165, 1.54) is 4.90 Å². The molecule has 1 aliphatic heterocycles. The van der Waals surface area contributed by atoms with E-state index >= 15 is 0 Å². The molecule has 2 saturated carbocycles. The summed E-state index contributed by atoms with van der Waals surface area (Å²) in [5.41, 5.74) is 1.36. The predicted octanol–water partition coefficient (Wildman–Crippen LogP) is 3.94. The summed E-state index contributed by atoms with van der Waals surface area (Å²) in [6.45, 7) is 0. The number of nitrogens with zero attached hydrogens (tertiary/aromatic N) is 1. The number of para-hydroxylation sites is 1. The van der Waals surface area contributed by atoms with Gasteiger partial charge in [-0.2, -0.15) is 0 Å². The highest BCUT2D eigenvalue weighted by atomic mass is 35.5. The third-order valence-electron chi connectivity index (χ3n) is 7.71. The van der Waals surface area contributed by atoms with Crippen LogP contribution in [-0.4, -0.2) is 28.7 Å². The maximum Gasteiger partial charge on any atom is 0.248 e. The maximum absolute atomic E-state index is 13.6. The average Bonchev–Trinajstić information content (AvgIpc) is 3.58. The van der Waals surface area contributed by atoms with Gasteiger partial charge in [-0.25, -0.2) is 0 Å². The van der Waals surface area contributed by atoms with Crippen molar-refractivity contribution >= 4 is 35.0 Å². The minimum atomic E-state index is -0.921. The quantitative estimate of drug-likeness (QED) is 0.558. The summed E-state index contributed by atoms with van der Waals surface area (Å²) in [5.74, 6) is -0.145. The van der Waals surface area contributed by atoms with Crippen LogP contribution in [0.2, 0.25) is 5.02 Å². The maximum atomic E-state index is 13.6. The van der Waals surface area contributed by atoms with E-state index in [2.05, 4.69) is 17.5 Å². The first-order valence-corrected chi connectivity index (χ1v) is 11.6. The highest BCUT2D eigenvalue weighted by molar-refractivity contribution is 6.33. The Balaban J connectivity index is 1.34. The van der Waals surface area contributed by atoms with Crippen molar-refractivity contribution in [3.63, 3.8) is 0 Å². The molecule has 2 aromatic rings. The molecule has 0 spiro atoms. The van der Waals surface area contributed by atoms with E-state index in [1.54, 1.807) is 24.3 Å². The number of imide groups is 1. The molecule has 5 nitrogen and oxygen atoms in total. The lowest BCUT2D eigenvalue weighted by Gasteiger charge is -2.37. The molecule has 32 heavy (non-hydrogen) atoms. The van der Waals surface area contributed by atoms with Crippen LogP contribution < -0.4 is 5.32 Å². The number of hydrogen-bond donors (Lipinski definition) is 1. The first kappa shape index (κ1) is 19.7. The topological polar surface area (TPSA) is 66.5 Å². The highest BCUT2D eigenvalue weighted by Gasteiger charge is 2.67. The molecule has 2 bridgehead atoms. The summed E-state index contributed by atoms with van der Waals surface area (Å²) in [6, 6.07) is 15.6. The third kappa shape index (κ3) is 2.95. The second-order valence-electron chi connectivity index (χ2n) is 9.38. The normalized spacial score (nSPS) is 32.5. The number of amides is 3. The van der Waals surface area contributed by atoms with Crippen LogP contribution in [0.3, 0.4) is 0 Å². The lowest BCUT2D eigenvalue weighted by molar-refractivity contribution is -0.146. The molecule has 6 heteroatoms. The van der Waals surface area contributed by atoms with Crippen LogP contribution in [0.4, 0.5) is 5.69 Å². The number of benzene rings is 2. The molecule has 1 N–H and O–H groups in total. The number of nitrogens with one attached hydrogen (secondary N) is 1. The van der Waals surface area contributed by atoms with E-state index in [-0.39, 0.29) is 41.9 Å². The minimum absolute atomic E-state index is 0.125. The monoisotopic (exact) mass is 446 g/mol. The Morgan fingerprint density at radius 3 is 2.16 bits per heavy atom. The Bertz CT molecular complexity index is 1110. The van der Waals surface area contributed by atoms with Crippen molar-refractivity contribution in [2.24, 2.45) is 35.5 Å². The molecule has 0 aromatic heterocycles. The molecule has 0 unspecified atom stereocenters. The largest absolute Gasteiger partial charge is 0.323 e. The van der Waals surface area contributed by atoms with Crippen molar-refractivity contribution in [3.8, 4) is 0 Å². The number of likely N-dealkylation sites (tertiary alicyclic amines) is 1.